The first-order chi connectivity index (χ1) is 17.8. The summed E-state index contributed by atoms with van der Waals surface area (Å²) in [4.78, 5) is 13.0. The molecule has 0 saturated heterocycles. The third kappa shape index (κ3) is 5.03. The fraction of sp³-hybridized carbons (Fsp3) is 0.259. The molecule has 0 bridgehead atoms. The van der Waals surface area contributed by atoms with E-state index in [1.54, 1.807) is 29.9 Å². The van der Waals surface area contributed by atoms with Crippen molar-refractivity contribution in [1.29, 1.82) is 0 Å². The number of anilines is 1. The van der Waals surface area contributed by atoms with Gasteiger partial charge in [-0.1, -0.05) is 18.2 Å². The largest absolute Gasteiger partial charge is 0.457 e. The average molecular weight is 521 g/mol. The number of carbonyl (C=O) groups is 1. The number of hydrogen-bond donors (Lipinski definition) is 2. The summed E-state index contributed by atoms with van der Waals surface area (Å²) >= 11 is 0. The summed E-state index contributed by atoms with van der Waals surface area (Å²) in [5.41, 5.74) is 2.82. The van der Waals surface area contributed by atoms with Crippen molar-refractivity contribution in [3.63, 3.8) is 0 Å². The predicted octanol–water partition coefficient (Wildman–Crippen LogP) is 3.81. The first kappa shape index (κ1) is 24.8. The van der Waals surface area contributed by atoms with Crippen LogP contribution in [-0.2, 0) is 10.0 Å². The number of amides is 1. The maximum atomic E-state index is 13.0. The van der Waals surface area contributed by atoms with Gasteiger partial charge in [0.1, 0.15) is 17.2 Å². The van der Waals surface area contributed by atoms with Crippen molar-refractivity contribution < 1.29 is 23.1 Å². The number of aliphatic hydroxyl groups excluding tert-OH is 1. The number of ether oxygens (including phenoxy) is 1. The molecule has 10 heteroatoms. The molecule has 1 saturated carbocycles. The average Bonchev–Trinajstić information content (AvgIpc) is 3.67. The van der Waals surface area contributed by atoms with Crippen LogP contribution < -0.4 is 14.4 Å². The fourth-order valence-corrected chi connectivity index (χ4v) is 5.36. The molecule has 1 aliphatic rings. The van der Waals surface area contributed by atoms with Crippen molar-refractivity contribution in [2.45, 2.75) is 18.8 Å². The van der Waals surface area contributed by atoms with E-state index in [1.807, 2.05) is 48.5 Å². The van der Waals surface area contributed by atoms with Gasteiger partial charge in [0.25, 0.3) is 5.91 Å². The molecule has 4 aromatic rings. The zero-order valence-electron chi connectivity index (χ0n) is 20.6. The Morgan fingerprint density at radius 1 is 1.11 bits per heavy atom. The van der Waals surface area contributed by atoms with E-state index < -0.39 is 10.0 Å². The molecule has 1 amide bonds. The lowest BCUT2D eigenvalue weighted by atomic mass is 10.0. The van der Waals surface area contributed by atoms with Crippen LogP contribution in [0.5, 0.6) is 11.5 Å². The van der Waals surface area contributed by atoms with Gasteiger partial charge in [-0.25, -0.2) is 13.1 Å². The molecule has 2 N–H and O–H groups in total. The number of aromatic nitrogens is 2. The van der Waals surface area contributed by atoms with Gasteiger partial charge in [0.15, 0.2) is 0 Å². The molecule has 0 atom stereocenters. The Morgan fingerprint density at radius 2 is 1.78 bits per heavy atom. The Bertz CT molecular complexity index is 1550. The van der Waals surface area contributed by atoms with Crippen LogP contribution in [0.25, 0.3) is 16.6 Å². The lowest BCUT2D eigenvalue weighted by Crippen LogP contribution is -2.33. The highest BCUT2D eigenvalue weighted by Gasteiger charge is 2.32. The molecule has 3 aromatic carbocycles. The summed E-state index contributed by atoms with van der Waals surface area (Å²) in [5.74, 6) is 1.23. The number of fused-ring (bicyclic) bond motifs is 1. The SMILES string of the molecule is CNC(=O)c1c2cc(C3CC3)c(N(CCO)S(C)(=O)=O)cc2nn1-c1ccc(Oc2ccccc2)cc1. The molecule has 0 radical (unpaired) electrons. The van der Waals surface area contributed by atoms with Crippen LogP contribution in [0.3, 0.4) is 0 Å². The Labute approximate surface area is 215 Å². The summed E-state index contributed by atoms with van der Waals surface area (Å²) in [6.45, 7) is -0.375. The van der Waals surface area contributed by atoms with Crippen LogP contribution in [0.15, 0.2) is 66.7 Å². The molecule has 37 heavy (non-hydrogen) atoms. The van der Waals surface area contributed by atoms with E-state index in [-0.39, 0.29) is 25.0 Å². The molecular formula is C27H28N4O5S. The van der Waals surface area contributed by atoms with E-state index in [0.29, 0.717) is 39.5 Å². The van der Waals surface area contributed by atoms with Gasteiger partial charge in [-0.15, -0.1) is 0 Å². The minimum Gasteiger partial charge on any atom is -0.457 e. The number of nitrogens with one attached hydrogen (secondary N) is 1. The highest BCUT2D eigenvalue weighted by Crippen LogP contribution is 2.46. The van der Waals surface area contributed by atoms with Crippen molar-refractivity contribution in [3.8, 4) is 17.2 Å². The number of hydrogen-bond acceptors (Lipinski definition) is 6. The normalized spacial score (nSPS) is 13.5. The maximum Gasteiger partial charge on any atom is 0.270 e. The molecule has 1 aromatic heterocycles. The third-order valence-electron chi connectivity index (χ3n) is 6.31. The zero-order chi connectivity index (χ0) is 26.2. The second kappa shape index (κ2) is 9.87. The van der Waals surface area contributed by atoms with E-state index in [2.05, 4.69) is 5.32 Å². The lowest BCUT2D eigenvalue weighted by Gasteiger charge is -2.24. The quantitative estimate of drug-likeness (QED) is 0.347. The molecule has 192 valence electrons. The smallest absolute Gasteiger partial charge is 0.270 e. The van der Waals surface area contributed by atoms with Crippen LogP contribution in [0.1, 0.15) is 34.8 Å². The monoisotopic (exact) mass is 520 g/mol. The maximum absolute atomic E-state index is 13.0. The Morgan fingerprint density at radius 3 is 2.38 bits per heavy atom. The number of nitrogens with zero attached hydrogens (tertiary/aromatic N) is 3. The van der Waals surface area contributed by atoms with Gasteiger partial charge in [-0.05, 0) is 72.9 Å². The number of aliphatic hydroxyl groups is 1. The van der Waals surface area contributed by atoms with Gasteiger partial charge < -0.3 is 15.2 Å². The molecular weight excluding hydrogens is 492 g/mol. The lowest BCUT2D eigenvalue weighted by molar-refractivity contribution is 0.0957. The van der Waals surface area contributed by atoms with Crippen molar-refractivity contribution in [2.75, 3.05) is 30.8 Å². The van der Waals surface area contributed by atoms with Crippen LogP contribution in [0.4, 0.5) is 5.69 Å². The number of sulfonamides is 1. The van der Waals surface area contributed by atoms with Gasteiger partial charge in [0.05, 0.1) is 36.3 Å². The summed E-state index contributed by atoms with van der Waals surface area (Å²) in [6.07, 6.45) is 2.99. The van der Waals surface area contributed by atoms with Crippen molar-refractivity contribution in [1.82, 2.24) is 15.1 Å². The van der Waals surface area contributed by atoms with E-state index in [1.165, 1.54) is 4.31 Å². The zero-order valence-corrected chi connectivity index (χ0v) is 21.4. The van der Waals surface area contributed by atoms with Gasteiger partial charge >= 0.3 is 0 Å². The van der Waals surface area contributed by atoms with Crippen molar-refractivity contribution in [2.24, 2.45) is 0 Å². The van der Waals surface area contributed by atoms with E-state index >= 15 is 0 Å². The van der Waals surface area contributed by atoms with Crippen LogP contribution >= 0.6 is 0 Å². The van der Waals surface area contributed by atoms with E-state index in [9.17, 15) is 18.3 Å². The van der Waals surface area contributed by atoms with Crippen molar-refractivity contribution in [3.05, 3.63) is 78.0 Å². The number of benzene rings is 3. The number of para-hydroxylation sites is 1. The molecule has 0 aliphatic heterocycles. The second-order valence-electron chi connectivity index (χ2n) is 9.01. The van der Waals surface area contributed by atoms with Gasteiger partial charge in [-0.3, -0.25) is 9.10 Å². The van der Waals surface area contributed by atoms with E-state index in [4.69, 9.17) is 9.84 Å². The molecule has 1 aliphatic carbocycles. The van der Waals surface area contributed by atoms with Crippen LogP contribution in [0, 0.1) is 0 Å². The number of carbonyl (C=O) groups excluding carboxylic acids is 1. The standard InChI is InChI=1S/C27H28N4O5S/c1-28-27(33)26-23-16-22(18-8-9-18)25(30(14-15-32)37(2,34)35)17-24(23)29-31(26)19-10-12-21(13-11-19)36-20-6-4-3-5-7-20/h3-7,10-13,16-18,32H,8-9,14-15H2,1-2H3,(H,28,33). The third-order valence-corrected chi connectivity index (χ3v) is 7.49. The minimum absolute atomic E-state index is 0.0596. The number of rotatable bonds is 9. The minimum atomic E-state index is -3.64. The Hall–Kier alpha value is -3.89. The molecule has 1 heterocycles. The topological polar surface area (TPSA) is 114 Å². The van der Waals surface area contributed by atoms with E-state index in [0.717, 1.165) is 24.7 Å². The van der Waals surface area contributed by atoms with Gasteiger partial charge in [-0.2, -0.15) is 5.10 Å². The molecule has 1 fully saturated rings. The summed E-state index contributed by atoms with van der Waals surface area (Å²) in [6, 6.07) is 20.2. The summed E-state index contributed by atoms with van der Waals surface area (Å²) in [7, 11) is -2.08. The highest BCUT2D eigenvalue weighted by atomic mass is 32.2. The predicted molar refractivity (Wildman–Crippen MR) is 142 cm³/mol. The second-order valence-corrected chi connectivity index (χ2v) is 10.9. The molecule has 0 spiro atoms. The summed E-state index contributed by atoms with van der Waals surface area (Å²) in [5, 5.41) is 17.6. The molecule has 9 nitrogen and oxygen atoms in total. The molecule has 5 rings (SSSR count). The first-order valence-electron chi connectivity index (χ1n) is 12.0. The molecule has 0 unspecified atom stereocenters. The Kier molecular flexibility index (Phi) is 6.61. The Balaban J connectivity index is 1.63. The van der Waals surface area contributed by atoms with Crippen LogP contribution in [0.2, 0.25) is 0 Å². The summed E-state index contributed by atoms with van der Waals surface area (Å²) < 4.78 is 33.8. The first-order valence-corrected chi connectivity index (χ1v) is 13.9. The highest BCUT2D eigenvalue weighted by molar-refractivity contribution is 7.92. The van der Waals surface area contributed by atoms with Crippen molar-refractivity contribution >= 4 is 32.5 Å². The fourth-order valence-electron chi connectivity index (χ4n) is 4.44. The van der Waals surface area contributed by atoms with Gasteiger partial charge in [0.2, 0.25) is 10.0 Å². The van der Waals surface area contributed by atoms with Crippen LogP contribution in [-0.4, -0.2) is 55.7 Å². The van der Waals surface area contributed by atoms with Gasteiger partial charge in [0, 0.05) is 12.4 Å².